The van der Waals surface area contributed by atoms with E-state index in [-0.39, 0.29) is 6.61 Å². The fourth-order valence-electron chi connectivity index (χ4n) is 3.89. The van der Waals surface area contributed by atoms with Crippen LogP contribution in [0.25, 0.3) is 0 Å². The molecule has 2 aromatic rings. The van der Waals surface area contributed by atoms with Crippen molar-refractivity contribution in [1.82, 2.24) is 0 Å². The molecule has 0 N–H and O–H groups in total. The van der Waals surface area contributed by atoms with E-state index < -0.39 is 42.3 Å². The molecule has 2 aromatic carbocycles. The number of methoxy groups -OCH3 is 1. The van der Waals surface area contributed by atoms with Crippen LogP contribution >= 0.6 is 0 Å². The summed E-state index contributed by atoms with van der Waals surface area (Å²) in [5.74, 6) is -3.07. The van der Waals surface area contributed by atoms with Crippen molar-refractivity contribution < 1.29 is 33.3 Å². The summed E-state index contributed by atoms with van der Waals surface area (Å²) in [6, 6.07) is 19.4. The van der Waals surface area contributed by atoms with Gasteiger partial charge in [-0.2, -0.15) is 0 Å². The lowest BCUT2D eigenvalue weighted by molar-refractivity contribution is -0.244. The minimum absolute atomic E-state index is 0.189. The number of rotatable bonds is 7. The topological polar surface area (TPSA) is 80.3 Å². The molecule has 0 amide bonds. The monoisotopic (exact) mass is 412 g/mol. The van der Waals surface area contributed by atoms with Crippen molar-refractivity contribution in [1.29, 1.82) is 0 Å². The van der Waals surface area contributed by atoms with E-state index in [9.17, 15) is 9.59 Å². The highest BCUT2D eigenvalue weighted by molar-refractivity contribution is 5.96. The van der Waals surface area contributed by atoms with Gasteiger partial charge in [-0.3, -0.25) is 9.59 Å². The highest BCUT2D eigenvalue weighted by atomic mass is 16.7. The van der Waals surface area contributed by atoms with E-state index in [4.69, 9.17) is 23.7 Å². The number of carbonyl (C=O) groups excluding carboxylic acids is 2. The van der Waals surface area contributed by atoms with Crippen LogP contribution < -0.4 is 0 Å². The van der Waals surface area contributed by atoms with Crippen LogP contribution in [0.15, 0.2) is 60.7 Å². The summed E-state index contributed by atoms with van der Waals surface area (Å²) in [7, 11) is 1.25. The smallest absolute Gasteiger partial charge is 0.323 e. The lowest BCUT2D eigenvalue weighted by Gasteiger charge is -2.38. The maximum atomic E-state index is 12.3. The van der Waals surface area contributed by atoms with Gasteiger partial charge in [0.2, 0.25) is 6.29 Å². The Morgan fingerprint density at radius 1 is 0.967 bits per heavy atom. The molecule has 0 spiro atoms. The molecule has 2 saturated heterocycles. The first-order valence-corrected chi connectivity index (χ1v) is 9.88. The molecule has 0 bridgehead atoms. The van der Waals surface area contributed by atoms with Crippen LogP contribution in [0.1, 0.15) is 11.1 Å². The first-order valence-electron chi connectivity index (χ1n) is 9.88. The van der Waals surface area contributed by atoms with Gasteiger partial charge in [-0.15, -0.1) is 0 Å². The second kappa shape index (κ2) is 9.38. The van der Waals surface area contributed by atoms with Crippen LogP contribution in [0, 0.1) is 11.8 Å². The molecule has 7 nitrogen and oxygen atoms in total. The van der Waals surface area contributed by atoms with Crippen molar-refractivity contribution in [2.24, 2.45) is 11.8 Å². The van der Waals surface area contributed by atoms with Gasteiger partial charge in [-0.05, 0) is 11.1 Å². The van der Waals surface area contributed by atoms with Crippen LogP contribution in [0.2, 0.25) is 0 Å². The number of hydrogen-bond acceptors (Lipinski definition) is 7. The summed E-state index contributed by atoms with van der Waals surface area (Å²) >= 11 is 0. The van der Waals surface area contributed by atoms with Crippen LogP contribution in [0.3, 0.4) is 0 Å². The SMILES string of the molecule is COC(=O)[C@@H]1C(=O)O[C@H]2OC[C@@H](OCc3ccccc3)[C@H](OCc3ccccc3)[C@H]21. The molecule has 2 aliphatic rings. The van der Waals surface area contributed by atoms with Crippen LogP contribution in [-0.4, -0.2) is 44.2 Å². The van der Waals surface area contributed by atoms with E-state index in [1.165, 1.54) is 7.11 Å². The Labute approximate surface area is 174 Å². The molecule has 0 radical (unpaired) electrons. The molecule has 2 heterocycles. The molecule has 2 aliphatic heterocycles. The third-order valence-electron chi connectivity index (χ3n) is 5.40. The Bertz CT molecular complexity index is 854. The second-order valence-electron chi connectivity index (χ2n) is 7.31. The van der Waals surface area contributed by atoms with Gasteiger partial charge in [0, 0.05) is 0 Å². The Balaban J connectivity index is 1.55. The minimum atomic E-state index is -1.11. The van der Waals surface area contributed by atoms with Crippen LogP contribution in [0.4, 0.5) is 0 Å². The second-order valence-corrected chi connectivity index (χ2v) is 7.31. The van der Waals surface area contributed by atoms with E-state index in [1.54, 1.807) is 0 Å². The van der Waals surface area contributed by atoms with E-state index >= 15 is 0 Å². The summed E-state index contributed by atoms with van der Waals surface area (Å²) in [4.78, 5) is 24.7. The molecular weight excluding hydrogens is 388 g/mol. The van der Waals surface area contributed by atoms with Gasteiger partial charge in [0.1, 0.15) is 6.10 Å². The maximum absolute atomic E-state index is 12.3. The van der Waals surface area contributed by atoms with Crippen molar-refractivity contribution >= 4 is 11.9 Å². The number of carbonyl (C=O) groups is 2. The number of fused-ring (bicyclic) bond motifs is 1. The quantitative estimate of drug-likeness (QED) is 0.511. The lowest BCUT2D eigenvalue weighted by atomic mass is 9.84. The van der Waals surface area contributed by atoms with Gasteiger partial charge in [0.15, 0.2) is 5.92 Å². The Kier molecular flexibility index (Phi) is 6.42. The van der Waals surface area contributed by atoms with Gasteiger partial charge in [-0.1, -0.05) is 60.7 Å². The highest BCUT2D eigenvalue weighted by Crippen LogP contribution is 2.39. The predicted octanol–water partition coefficient (Wildman–Crippen LogP) is 2.48. The standard InChI is InChI=1S/C23H24O7/c1-26-21(24)19-18-20(28-13-16-10-6-3-7-11-16)17(14-29-23(18)30-22(19)25)27-12-15-8-4-2-5-9-15/h2-11,17-20,23H,12-14H2,1H3/t17-,18-,19-,20+,23-/m1/s1. The van der Waals surface area contributed by atoms with Crippen molar-refractivity contribution in [3.05, 3.63) is 71.8 Å². The molecule has 7 heteroatoms. The average molecular weight is 412 g/mol. The predicted molar refractivity (Wildman–Crippen MR) is 105 cm³/mol. The van der Waals surface area contributed by atoms with Crippen molar-refractivity contribution in [3.63, 3.8) is 0 Å². The number of benzene rings is 2. The van der Waals surface area contributed by atoms with Gasteiger partial charge in [-0.25, -0.2) is 0 Å². The average Bonchev–Trinajstić information content (AvgIpc) is 3.13. The normalized spacial score (nSPS) is 27.9. The third kappa shape index (κ3) is 4.38. The summed E-state index contributed by atoms with van der Waals surface area (Å²) in [6.07, 6.45) is -1.92. The molecule has 5 atom stereocenters. The summed E-state index contributed by atoms with van der Waals surface area (Å²) < 4.78 is 28.2. The molecule has 158 valence electrons. The summed E-state index contributed by atoms with van der Waals surface area (Å²) in [6.45, 7) is 0.853. The molecule has 0 aromatic heterocycles. The maximum Gasteiger partial charge on any atom is 0.323 e. The van der Waals surface area contributed by atoms with Gasteiger partial charge in [0.05, 0.1) is 39.0 Å². The highest BCUT2D eigenvalue weighted by Gasteiger charge is 2.58. The first-order chi connectivity index (χ1) is 14.7. The molecule has 30 heavy (non-hydrogen) atoms. The molecule has 4 rings (SSSR count). The van der Waals surface area contributed by atoms with Crippen LogP contribution in [0.5, 0.6) is 0 Å². The van der Waals surface area contributed by atoms with E-state index in [0.717, 1.165) is 11.1 Å². The fraction of sp³-hybridized carbons (Fsp3) is 0.391. The Hall–Kier alpha value is -2.74. The van der Waals surface area contributed by atoms with E-state index in [0.29, 0.717) is 13.2 Å². The molecule has 0 saturated carbocycles. The Morgan fingerprint density at radius 2 is 1.57 bits per heavy atom. The zero-order chi connectivity index (χ0) is 20.9. The molecule has 2 fully saturated rings. The van der Waals surface area contributed by atoms with E-state index in [2.05, 4.69) is 0 Å². The number of hydrogen-bond donors (Lipinski definition) is 0. The van der Waals surface area contributed by atoms with Crippen molar-refractivity contribution in [3.8, 4) is 0 Å². The zero-order valence-electron chi connectivity index (χ0n) is 16.6. The lowest BCUT2D eigenvalue weighted by Crippen LogP contribution is -2.52. The van der Waals surface area contributed by atoms with Gasteiger partial charge < -0.3 is 23.7 Å². The largest absolute Gasteiger partial charge is 0.468 e. The fourth-order valence-corrected chi connectivity index (χ4v) is 3.89. The summed E-state index contributed by atoms with van der Waals surface area (Å²) in [5.41, 5.74) is 1.98. The van der Waals surface area contributed by atoms with Crippen LogP contribution in [-0.2, 0) is 46.5 Å². The number of esters is 2. The van der Waals surface area contributed by atoms with Gasteiger partial charge in [0.25, 0.3) is 0 Å². The summed E-state index contributed by atoms with van der Waals surface area (Å²) in [5, 5.41) is 0. The van der Waals surface area contributed by atoms with E-state index in [1.807, 2.05) is 60.7 Å². The zero-order valence-corrected chi connectivity index (χ0v) is 16.6. The molecular formula is C23H24O7. The molecule has 0 aliphatic carbocycles. The Morgan fingerprint density at radius 3 is 2.17 bits per heavy atom. The van der Waals surface area contributed by atoms with Gasteiger partial charge >= 0.3 is 11.9 Å². The first kappa shape index (κ1) is 20.5. The third-order valence-corrected chi connectivity index (χ3v) is 5.40. The van der Waals surface area contributed by atoms with Crippen molar-refractivity contribution in [2.45, 2.75) is 31.7 Å². The molecule has 0 unspecified atom stereocenters. The minimum Gasteiger partial charge on any atom is -0.468 e. The van der Waals surface area contributed by atoms with Crippen molar-refractivity contribution in [2.75, 3.05) is 13.7 Å². The number of ether oxygens (including phenoxy) is 5.